The van der Waals surface area contributed by atoms with Crippen LogP contribution in [0.15, 0.2) is 54.6 Å². The highest BCUT2D eigenvalue weighted by Crippen LogP contribution is 2.48. The van der Waals surface area contributed by atoms with E-state index >= 15 is 0 Å². The Kier molecular flexibility index (Phi) is 6.44. The lowest BCUT2D eigenvalue weighted by molar-refractivity contribution is -0.165. The van der Waals surface area contributed by atoms with E-state index in [4.69, 9.17) is 14.2 Å². The number of fused-ring (bicyclic) bond motifs is 1. The summed E-state index contributed by atoms with van der Waals surface area (Å²) in [6.07, 6.45) is -0.988. The molecular formula is C24H26N2O7. The molecule has 0 aliphatic carbocycles. The molecule has 0 unspecified atom stereocenters. The van der Waals surface area contributed by atoms with Gasteiger partial charge in [-0.25, -0.2) is 4.79 Å². The van der Waals surface area contributed by atoms with Crippen molar-refractivity contribution in [2.75, 3.05) is 19.1 Å². The molecule has 9 nitrogen and oxygen atoms in total. The number of ether oxygens (including phenoxy) is 3. The summed E-state index contributed by atoms with van der Waals surface area (Å²) in [5.74, 6) is -4.66. The second kappa shape index (κ2) is 8.93. The molecular weight excluding hydrogens is 428 g/mol. The minimum absolute atomic E-state index is 0.227. The molecule has 1 aliphatic rings. The molecule has 2 amide bonds. The Morgan fingerprint density at radius 2 is 1.45 bits per heavy atom. The van der Waals surface area contributed by atoms with Gasteiger partial charge in [-0.05, 0) is 39.0 Å². The summed E-state index contributed by atoms with van der Waals surface area (Å²) in [5, 5.41) is 2.53. The number of esters is 2. The van der Waals surface area contributed by atoms with Gasteiger partial charge in [0, 0.05) is 11.3 Å². The van der Waals surface area contributed by atoms with Crippen molar-refractivity contribution >= 4 is 35.3 Å². The minimum atomic E-state index is -2.17. The Labute approximate surface area is 191 Å². The first-order valence-corrected chi connectivity index (χ1v) is 10.2. The van der Waals surface area contributed by atoms with Crippen LogP contribution in [0, 0.1) is 5.92 Å². The molecule has 1 aliphatic heterocycles. The van der Waals surface area contributed by atoms with Crippen LogP contribution in [0.25, 0.3) is 0 Å². The summed E-state index contributed by atoms with van der Waals surface area (Å²) in [7, 11) is 2.17. The Hall–Kier alpha value is -3.88. The number of rotatable bonds is 5. The van der Waals surface area contributed by atoms with E-state index in [9.17, 15) is 19.2 Å². The number of carbonyl (C=O) groups is 4. The van der Waals surface area contributed by atoms with Crippen molar-refractivity contribution in [1.29, 1.82) is 0 Å². The molecule has 3 rings (SSSR count). The lowest BCUT2D eigenvalue weighted by Gasteiger charge is -2.34. The maximum Gasteiger partial charge on any atom is 0.408 e. The van der Waals surface area contributed by atoms with Crippen LogP contribution >= 0.6 is 0 Å². The first-order chi connectivity index (χ1) is 15.6. The highest BCUT2D eigenvalue weighted by atomic mass is 16.6. The SMILES string of the molecule is COC(=O)C(C(=O)OC)[C@]1(NC(=O)OC(C)(C)C)C(=O)N(c2ccccc2)c2ccccc21. The van der Waals surface area contributed by atoms with E-state index in [0.29, 0.717) is 11.4 Å². The Balaban J connectivity index is 2.30. The van der Waals surface area contributed by atoms with Gasteiger partial charge in [0.05, 0.1) is 19.9 Å². The number of carbonyl (C=O) groups excluding carboxylic acids is 4. The number of anilines is 2. The lowest BCUT2D eigenvalue weighted by Crippen LogP contribution is -2.62. The summed E-state index contributed by atoms with van der Waals surface area (Å²) < 4.78 is 15.1. The van der Waals surface area contributed by atoms with Crippen LogP contribution in [-0.4, -0.2) is 43.8 Å². The van der Waals surface area contributed by atoms with Crippen molar-refractivity contribution < 1.29 is 33.4 Å². The number of benzene rings is 2. The fourth-order valence-corrected chi connectivity index (χ4v) is 3.86. The molecule has 0 bridgehead atoms. The van der Waals surface area contributed by atoms with E-state index in [1.807, 2.05) is 0 Å². The Bertz CT molecular complexity index is 1060. The van der Waals surface area contributed by atoms with Crippen LogP contribution in [0.3, 0.4) is 0 Å². The first-order valence-electron chi connectivity index (χ1n) is 10.2. The molecule has 2 aromatic rings. The van der Waals surface area contributed by atoms with Crippen molar-refractivity contribution in [3.63, 3.8) is 0 Å². The second-order valence-corrected chi connectivity index (χ2v) is 8.41. The first kappa shape index (κ1) is 23.8. The highest BCUT2D eigenvalue weighted by Gasteiger charge is 2.63. The van der Waals surface area contributed by atoms with Gasteiger partial charge in [-0.15, -0.1) is 0 Å². The van der Waals surface area contributed by atoms with Crippen molar-refractivity contribution in [2.24, 2.45) is 5.92 Å². The average molecular weight is 454 g/mol. The molecule has 9 heteroatoms. The van der Waals surface area contributed by atoms with Crippen LogP contribution in [0.4, 0.5) is 16.2 Å². The zero-order chi connectivity index (χ0) is 24.4. The molecule has 0 aromatic heterocycles. The number of nitrogens with one attached hydrogen (secondary N) is 1. The summed E-state index contributed by atoms with van der Waals surface area (Å²) in [6.45, 7) is 4.95. The molecule has 33 heavy (non-hydrogen) atoms. The van der Waals surface area contributed by atoms with Crippen molar-refractivity contribution in [3.05, 3.63) is 60.2 Å². The normalized spacial score (nSPS) is 17.4. The van der Waals surface area contributed by atoms with Gasteiger partial charge >= 0.3 is 18.0 Å². The number of hydrogen-bond donors (Lipinski definition) is 1. The molecule has 0 spiro atoms. The van der Waals surface area contributed by atoms with Gasteiger partial charge < -0.3 is 19.5 Å². The third-order valence-electron chi connectivity index (χ3n) is 5.13. The topological polar surface area (TPSA) is 111 Å². The van der Waals surface area contributed by atoms with Gasteiger partial charge in [0.15, 0.2) is 11.5 Å². The van der Waals surface area contributed by atoms with Crippen molar-refractivity contribution in [3.8, 4) is 0 Å². The van der Waals surface area contributed by atoms with Crippen LogP contribution in [0.1, 0.15) is 26.3 Å². The number of amides is 2. The van der Waals surface area contributed by atoms with E-state index in [1.165, 1.54) is 4.90 Å². The smallest absolute Gasteiger partial charge is 0.408 e. The van der Waals surface area contributed by atoms with E-state index in [-0.39, 0.29) is 5.56 Å². The Morgan fingerprint density at radius 3 is 2.00 bits per heavy atom. The zero-order valence-corrected chi connectivity index (χ0v) is 19.1. The predicted octanol–water partition coefficient (Wildman–Crippen LogP) is 3.05. The number of nitrogens with zero attached hydrogens (tertiary/aromatic N) is 1. The van der Waals surface area contributed by atoms with Crippen molar-refractivity contribution in [1.82, 2.24) is 5.32 Å². The third-order valence-corrected chi connectivity index (χ3v) is 5.13. The molecule has 1 N–H and O–H groups in total. The second-order valence-electron chi connectivity index (χ2n) is 8.41. The standard InChI is InChI=1S/C24H26N2O7/c1-23(2,3)33-22(30)25-24(18(19(27)31-4)20(28)32-5)16-13-9-10-14-17(16)26(21(24)29)15-11-7-6-8-12-15/h6-14,18H,1-5H3,(H,25,30)/t24-/m0/s1. The molecule has 0 fully saturated rings. The predicted molar refractivity (Wildman–Crippen MR) is 119 cm³/mol. The number of alkyl carbamates (subject to hydrolysis) is 1. The van der Waals surface area contributed by atoms with Crippen LogP contribution < -0.4 is 10.2 Å². The average Bonchev–Trinajstić information content (AvgIpc) is 3.01. The number of methoxy groups -OCH3 is 2. The molecule has 0 saturated heterocycles. The summed E-state index contributed by atoms with van der Waals surface area (Å²) >= 11 is 0. The van der Waals surface area contributed by atoms with Crippen LogP contribution in [0.2, 0.25) is 0 Å². The van der Waals surface area contributed by atoms with Gasteiger partial charge in [0.2, 0.25) is 0 Å². The third kappa shape index (κ3) is 4.26. The fraction of sp³-hybridized carbons (Fsp3) is 0.333. The Morgan fingerprint density at radius 1 is 0.909 bits per heavy atom. The summed E-state index contributed by atoms with van der Waals surface area (Å²) in [5.41, 5.74) is -1.98. The largest absolute Gasteiger partial charge is 0.468 e. The minimum Gasteiger partial charge on any atom is -0.468 e. The van der Waals surface area contributed by atoms with E-state index in [0.717, 1.165) is 14.2 Å². The van der Waals surface area contributed by atoms with E-state index < -0.39 is 41.0 Å². The fourth-order valence-electron chi connectivity index (χ4n) is 3.86. The molecule has 0 radical (unpaired) electrons. The highest BCUT2D eigenvalue weighted by molar-refractivity contribution is 6.18. The molecule has 0 saturated carbocycles. The quantitative estimate of drug-likeness (QED) is 0.420. The van der Waals surface area contributed by atoms with Crippen LogP contribution in [0.5, 0.6) is 0 Å². The van der Waals surface area contributed by atoms with Gasteiger partial charge in [0.1, 0.15) is 5.60 Å². The van der Waals surface area contributed by atoms with Crippen LogP contribution in [-0.2, 0) is 34.1 Å². The number of para-hydroxylation sites is 2. The number of hydrogen-bond acceptors (Lipinski definition) is 7. The summed E-state index contributed by atoms with van der Waals surface area (Å²) in [4.78, 5) is 54.2. The molecule has 1 atom stereocenters. The molecule has 1 heterocycles. The van der Waals surface area contributed by atoms with Gasteiger partial charge in [-0.2, -0.15) is 0 Å². The maximum absolute atomic E-state index is 14.1. The maximum atomic E-state index is 14.1. The molecule has 174 valence electrons. The van der Waals surface area contributed by atoms with Gasteiger partial charge in [-0.3, -0.25) is 19.3 Å². The van der Waals surface area contributed by atoms with E-state index in [2.05, 4.69) is 5.32 Å². The monoisotopic (exact) mass is 454 g/mol. The lowest BCUT2D eigenvalue weighted by atomic mass is 9.78. The van der Waals surface area contributed by atoms with Gasteiger partial charge in [-0.1, -0.05) is 36.4 Å². The van der Waals surface area contributed by atoms with E-state index in [1.54, 1.807) is 75.4 Å². The van der Waals surface area contributed by atoms with Gasteiger partial charge in [0.25, 0.3) is 5.91 Å². The zero-order valence-electron chi connectivity index (χ0n) is 19.1. The molecule has 2 aromatic carbocycles. The summed E-state index contributed by atoms with van der Waals surface area (Å²) in [6, 6.07) is 15.2. The van der Waals surface area contributed by atoms with Crippen molar-refractivity contribution in [2.45, 2.75) is 31.9 Å².